The molecule has 4 rings (SSSR count). The third-order valence-electron chi connectivity index (χ3n) is 4.48. The van der Waals surface area contributed by atoms with Crippen LogP contribution >= 0.6 is 23.1 Å². The molecule has 0 saturated heterocycles. The van der Waals surface area contributed by atoms with E-state index in [0.29, 0.717) is 11.0 Å². The van der Waals surface area contributed by atoms with Gasteiger partial charge in [0.15, 0.2) is 5.82 Å². The lowest BCUT2D eigenvalue weighted by Crippen LogP contribution is -2.40. The normalized spacial score (nSPS) is 17.3. The maximum absolute atomic E-state index is 13.1. The molecule has 2 atom stereocenters. The zero-order valence-electron chi connectivity index (χ0n) is 14.5. The third kappa shape index (κ3) is 2.89. The van der Waals surface area contributed by atoms with Crippen LogP contribution in [0.2, 0.25) is 0 Å². The molecule has 0 spiro atoms. The summed E-state index contributed by atoms with van der Waals surface area (Å²) in [5.41, 5.74) is 2.22. The highest BCUT2D eigenvalue weighted by atomic mass is 32.2. The highest BCUT2D eigenvalue weighted by molar-refractivity contribution is 8.00. The number of nitrogens with two attached hydrogens (primary N) is 1. The number of amides is 1. The number of rotatable bonds is 4. The van der Waals surface area contributed by atoms with Crippen LogP contribution in [0.25, 0.3) is 10.7 Å². The zero-order chi connectivity index (χ0) is 18.3. The second-order valence-corrected chi connectivity index (χ2v) is 8.56. The molecule has 8 heteroatoms. The van der Waals surface area contributed by atoms with Crippen LogP contribution in [0.15, 0.2) is 46.9 Å². The van der Waals surface area contributed by atoms with Gasteiger partial charge in [0, 0.05) is 11.7 Å². The first kappa shape index (κ1) is 17.1. The molecule has 0 saturated carbocycles. The lowest BCUT2D eigenvalue weighted by atomic mass is 10.1. The second-order valence-electron chi connectivity index (χ2n) is 6.30. The maximum atomic E-state index is 13.1. The first-order valence-electron chi connectivity index (χ1n) is 8.38. The van der Waals surface area contributed by atoms with Gasteiger partial charge >= 0.3 is 0 Å². The van der Waals surface area contributed by atoms with Gasteiger partial charge in [-0.15, -0.1) is 21.5 Å². The minimum absolute atomic E-state index is 0.0631. The van der Waals surface area contributed by atoms with Crippen LogP contribution in [0.5, 0.6) is 0 Å². The van der Waals surface area contributed by atoms with Crippen LogP contribution in [0, 0.1) is 0 Å². The van der Waals surface area contributed by atoms with Gasteiger partial charge in [-0.2, -0.15) is 0 Å². The van der Waals surface area contributed by atoms with E-state index < -0.39 is 0 Å². The molecule has 1 amide bonds. The molecule has 1 aliphatic rings. The van der Waals surface area contributed by atoms with Crippen molar-refractivity contribution in [2.75, 3.05) is 10.7 Å². The molecule has 0 unspecified atom stereocenters. The van der Waals surface area contributed by atoms with Crippen LogP contribution < -0.4 is 10.7 Å². The molecule has 1 aliphatic heterocycles. The lowest BCUT2D eigenvalue weighted by Gasteiger charge is -2.25. The summed E-state index contributed by atoms with van der Waals surface area (Å²) in [7, 11) is 0. The van der Waals surface area contributed by atoms with Crippen LogP contribution in [-0.4, -0.2) is 32.1 Å². The topological polar surface area (TPSA) is 77.0 Å². The third-order valence-corrected chi connectivity index (χ3v) is 6.39. The Bertz CT molecular complexity index is 937. The van der Waals surface area contributed by atoms with Crippen molar-refractivity contribution < 1.29 is 4.79 Å². The van der Waals surface area contributed by atoms with E-state index in [1.54, 1.807) is 11.3 Å². The van der Waals surface area contributed by atoms with Crippen LogP contribution in [0.3, 0.4) is 0 Å². The van der Waals surface area contributed by atoms with E-state index in [9.17, 15) is 4.79 Å². The van der Waals surface area contributed by atoms with Crippen molar-refractivity contribution in [3.05, 3.63) is 47.3 Å². The van der Waals surface area contributed by atoms with Crippen LogP contribution in [0.1, 0.15) is 19.4 Å². The molecule has 1 aromatic carbocycles. The van der Waals surface area contributed by atoms with E-state index in [4.69, 9.17) is 5.84 Å². The van der Waals surface area contributed by atoms with Gasteiger partial charge in [-0.25, -0.2) is 4.68 Å². The maximum Gasteiger partial charge on any atom is 0.240 e. The highest BCUT2D eigenvalue weighted by Crippen LogP contribution is 2.35. The van der Waals surface area contributed by atoms with Crippen LogP contribution in [0.4, 0.5) is 5.69 Å². The summed E-state index contributed by atoms with van der Waals surface area (Å²) in [5.74, 6) is 6.83. The molecular weight excluding hydrogens is 366 g/mol. The summed E-state index contributed by atoms with van der Waals surface area (Å²) in [6.07, 6.45) is 0.884. The molecule has 3 heterocycles. The summed E-state index contributed by atoms with van der Waals surface area (Å²) < 4.78 is 1.46. The first-order chi connectivity index (χ1) is 12.6. The lowest BCUT2D eigenvalue weighted by molar-refractivity contribution is -0.118. The van der Waals surface area contributed by atoms with E-state index >= 15 is 0 Å². The van der Waals surface area contributed by atoms with Crippen molar-refractivity contribution in [3.8, 4) is 10.7 Å². The SMILES string of the molecule is C[C@@H](Sc1nnc(-c2cccs2)n1N)C(=O)N1c2ccccc2C[C@@H]1C. The zero-order valence-corrected chi connectivity index (χ0v) is 16.1. The number of nitrogen functional groups attached to an aromatic ring is 1. The molecule has 3 aromatic rings. The molecule has 2 aromatic heterocycles. The Labute approximate surface area is 160 Å². The first-order valence-corrected chi connectivity index (χ1v) is 10.1. The Kier molecular flexibility index (Phi) is 4.46. The van der Waals surface area contributed by atoms with Crippen molar-refractivity contribution in [2.45, 2.75) is 36.7 Å². The number of para-hydroxylation sites is 1. The smallest absolute Gasteiger partial charge is 0.240 e. The highest BCUT2D eigenvalue weighted by Gasteiger charge is 2.34. The number of hydrogen-bond acceptors (Lipinski definition) is 6. The summed E-state index contributed by atoms with van der Waals surface area (Å²) in [4.78, 5) is 15.9. The molecule has 6 nitrogen and oxygen atoms in total. The predicted octanol–water partition coefficient (Wildman–Crippen LogP) is 3.18. The fourth-order valence-corrected chi connectivity index (χ4v) is 4.76. The number of thiophene rings is 1. The van der Waals surface area contributed by atoms with Crippen molar-refractivity contribution in [1.82, 2.24) is 14.9 Å². The van der Waals surface area contributed by atoms with Gasteiger partial charge < -0.3 is 10.7 Å². The van der Waals surface area contributed by atoms with E-state index in [-0.39, 0.29) is 17.2 Å². The van der Waals surface area contributed by atoms with Gasteiger partial charge in [0.25, 0.3) is 0 Å². The number of thioether (sulfide) groups is 1. The standard InChI is InChI=1S/C18H19N5OS2/c1-11-10-13-6-3-4-7-14(13)22(11)17(24)12(2)26-18-21-20-16(23(18)19)15-8-5-9-25-15/h3-9,11-12H,10,19H2,1-2H3/t11-,12+/m0/s1. The Morgan fingerprint density at radius 3 is 2.88 bits per heavy atom. The summed E-state index contributed by atoms with van der Waals surface area (Å²) in [6, 6.07) is 12.1. The van der Waals surface area contributed by atoms with Crippen molar-refractivity contribution in [1.29, 1.82) is 0 Å². The predicted molar refractivity (Wildman–Crippen MR) is 106 cm³/mol. The average Bonchev–Trinajstić information content (AvgIpc) is 3.33. The summed E-state index contributed by atoms with van der Waals surface area (Å²) in [5, 5.41) is 10.5. The average molecular weight is 386 g/mol. The molecule has 134 valence electrons. The van der Waals surface area contributed by atoms with E-state index in [2.05, 4.69) is 23.2 Å². The molecule has 2 N–H and O–H groups in total. The van der Waals surface area contributed by atoms with E-state index in [1.165, 1.54) is 22.0 Å². The summed E-state index contributed by atoms with van der Waals surface area (Å²) >= 11 is 2.89. The monoisotopic (exact) mass is 385 g/mol. The van der Waals surface area contributed by atoms with E-state index in [1.807, 2.05) is 47.5 Å². The quantitative estimate of drug-likeness (QED) is 0.551. The second kappa shape index (κ2) is 6.77. The number of nitrogens with zero attached hydrogens (tertiary/aromatic N) is 4. The summed E-state index contributed by atoms with van der Waals surface area (Å²) in [6.45, 7) is 3.97. The van der Waals surface area contributed by atoms with Gasteiger partial charge in [-0.05, 0) is 43.3 Å². The van der Waals surface area contributed by atoms with Crippen molar-refractivity contribution in [2.24, 2.45) is 0 Å². The van der Waals surface area contributed by atoms with Gasteiger partial charge in [0.1, 0.15) is 0 Å². The molecular formula is C18H19N5OS2. The van der Waals surface area contributed by atoms with Crippen molar-refractivity contribution in [3.63, 3.8) is 0 Å². The number of anilines is 1. The Hall–Kier alpha value is -2.32. The molecule has 26 heavy (non-hydrogen) atoms. The molecule has 0 aliphatic carbocycles. The van der Waals surface area contributed by atoms with Crippen LogP contribution in [-0.2, 0) is 11.2 Å². The molecule has 0 fully saturated rings. The van der Waals surface area contributed by atoms with Gasteiger partial charge in [0.05, 0.1) is 10.1 Å². The largest absolute Gasteiger partial charge is 0.335 e. The van der Waals surface area contributed by atoms with Crippen molar-refractivity contribution >= 4 is 34.7 Å². The number of aromatic nitrogens is 3. The van der Waals surface area contributed by atoms with Gasteiger partial charge in [-0.3, -0.25) is 4.79 Å². The number of carbonyl (C=O) groups is 1. The van der Waals surface area contributed by atoms with E-state index in [0.717, 1.165) is 17.0 Å². The minimum atomic E-state index is -0.314. The number of hydrogen-bond donors (Lipinski definition) is 1. The Morgan fingerprint density at radius 1 is 1.31 bits per heavy atom. The fourth-order valence-electron chi connectivity index (χ4n) is 3.24. The molecule has 0 bridgehead atoms. The number of carbonyl (C=O) groups excluding carboxylic acids is 1. The Morgan fingerprint density at radius 2 is 2.12 bits per heavy atom. The minimum Gasteiger partial charge on any atom is -0.335 e. The van der Waals surface area contributed by atoms with Gasteiger partial charge in [0.2, 0.25) is 11.1 Å². The molecule has 0 radical (unpaired) electrons. The fraction of sp³-hybridized carbons (Fsp3) is 0.278. The Balaban J connectivity index is 1.54. The van der Waals surface area contributed by atoms with Gasteiger partial charge in [-0.1, -0.05) is 36.0 Å². The number of benzene rings is 1. The number of fused-ring (bicyclic) bond motifs is 1.